The number of aromatic hydroxyl groups is 1. The minimum Gasteiger partial charge on any atom is -0.508 e. The number of carbonyl (C=O) groups excluding carboxylic acids is 7. The number of nitrogens with two attached hydrogens (primary N) is 4. The van der Waals surface area contributed by atoms with Crippen molar-refractivity contribution in [2.75, 3.05) is 6.54 Å². The fraction of sp³-hybridized carbons (Fsp3) is 0.356. The lowest BCUT2D eigenvalue weighted by Gasteiger charge is -2.27. The van der Waals surface area contributed by atoms with Gasteiger partial charge in [0, 0.05) is 53.5 Å². The number of primary amides is 2. The van der Waals surface area contributed by atoms with E-state index in [2.05, 4.69) is 36.6 Å². The Bertz CT molecular complexity index is 2430. The first-order valence-corrected chi connectivity index (χ1v) is 21.1. The van der Waals surface area contributed by atoms with Crippen molar-refractivity contribution in [3.05, 3.63) is 102 Å². The molecule has 64 heavy (non-hydrogen) atoms. The quantitative estimate of drug-likeness (QED) is 0.0369. The number of fused-ring (bicyclic) bond motifs is 2. The normalized spacial score (nSPS) is 14.0. The molecule has 340 valence electrons. The van der Waals surface area contributed by atoms with Crippen molar-refractivity contribution in [3.8, 4) is 5.75 Å². The van der Waals surface area contributed by atoms with E-state index >= 15 is 0 Å². The van der Waals surface area contributed by atoms with Crippen LogP contribution in [0.25, 0.3) is 21.8 Å². The predicted molar refractivity (Wildman–Crippen MR) is 240 cm³/mol. The minimum absolute atomic E-state index is 0.0103. The van der Waals surface area contributed by atoms with Crippen LogP contribution in [0.15, 0.2) is 85.2 Å². The molecule has 1 unspecified atom stereocenters. The number of benzene rings is 3. The lowest BCUT2D eigenvalue weighted by atomic mass is 10.00. The summed E-state index contributed by atoms with van der Waals surface area (Å²) in [5.74, 6) is -5.37. The van der Waals surface area contributed by atoms with E-state index in [0.717, 1.165) is 21.8 Å². The molecule has 3 aromatic carbocycles. The zero-order chi connectivity index (χ0) is 46.3. The summed E-state index contributed by atoms with van der Waals surface area (Å²) in [7, 11) is 0. The molecule has 0 aliphatic heterocycles. The summed E-state index contributed by atoms with van der Waals surface area (Å²) in [5.41, 5.74) is 26.0. The van der Waals surface area contributed by atoms with Crippen molar-refractivity contribution in [1.82, 2.24) is 36.6 Å². The van der Waals surface area contributed by atoms with Crippen LogP contribution in [0.4, 0.5) is 0 Å². The van der Waals surface area contributed by atoms with Crippen LogP contribution in [-0.2, 0) is 52.8 Å². The van der Waals surface area contributed by atoms with E-state index in [1.165, 1.54) is 12.1 Å². The second-order valence-electron chi connectivity index (χ2n) is 15.7. The van der Waals surface area contributed by atoms with Crippen molar-refractivity contribution in [2.24, 2.45) is 22.9 Å². The van der Waals surface area contributed by atoms with Crippen LogP contribution in [0.2, 0.25) is 0 Å². The van der Waals surface area contributed by atoms with Gasteiger partial charge in [-0.2, -0.15) is 0 Å². The number of hydrogen-bond acceptors (Lipinski definition) is 10. The number of para-hydroxylation sites is 2. The van der Waals surface area contributed by atoms with Crippen LogP contribution in [0.5, 0.6) is 5.75 Å². The number of carbonyl (C=O) groups is 7. The summed E-state index contributed by atoms with van der Waals surface area (Å²) in [6.45, 7) is 1.96. The topological polar surface area (TPSA) is 336 Å². The Hall–Kier alpha value is -7.25. The van der Waals surface area contributed by atoms with Crippen LogP contribution in [0, 0.1) is 0 Å². The molecule has 0 aliphatic rings. The molecular weight excluding hydrogens is 823 g/mol. The van der Waals surface area contributed by atoms with Crippen LogP contribution >= 0.6 is 0 Å². The fourth-order valence-corrected chi connectivity index (χ4v) is 7.35. The van der Waals surface area contributed by atoms with E-state index in [1.54, 1.807) is 31.5 Å². The highest BCUT2D eigenvalue weighted by atomic mass is 16.3. The van der Waals surface area contributed by atoms with Crippen molar-refractivity contribution >= 4 is 63.2 Å². The van der Waals surface area contributed by atoms with E-state index in [0.29, 0.717) is 36.1 Å². The van der Waals surface area contributed by atoms with Crippen molar-refractivity contribution < 1.29 is 38.7 Å². The number of nitrogens with one attached hydrogen (secondary N) is 7. The van der Waals surface area contributed by atoms with Crippen molar-refractivity contribution in [1.29, 1.82) is 0 Å². The maximum atomic E-state index is 14.6. The molecule has 0 aliphatic carbocycles. The Morgan fingerprint density at radius 1 is 0.594 bits per heavy atom. The summed E-state index contributed by atoms with van der Waals surface area (Å²) >= 11 is 0. The largest absolute Gasteiger partial charge is 0.508 e. The molecule has 5 aromatic rings. The van der Waals surface area contributed by atoms with Crippen molar-refractivity contribution in [2.45, 2.75) is 94.5 Å². The Morgan fingerprint density at radius 3 is 1.53 bits per heavy atom. The number of amides is 7. The molecule has 0 bridgehead atoms. The molecule has 19 heteroatoms. The van der Waals surface area contributed by atoms with Gasteiger partial charge < -0.3 is 64.6 Å². The summed E-state index contributed by atoms with van der Waals surface area (Å²) in [5, 5.41) is 25.0. The highest BCUT2D eigenvalue weighted by Gasteiger charge is 2.34. The Balaban J connectivity index is 1.46. The number of aromatic amines is 2. The van der Waals surface area contributed by atoms with Crippen LogP contribution in [0.1, 0.15) is 55.7 Å². The number of rotatable bonds is 24. The number of phenols is 1. The molecule has 6 atom stereocenters. The third-order valence-electron chi connectivity index (χ3n) is 10.9. The summed E-state index contributed by atoms with van der Waals surface area (Å²) in [6, 6.07) is 13.2. The predicted octanol–water partition coefficient (Wildman–Crippen LogP) is 0.0337. The molecule has 0 fully saturated rings. The fourth-order valence-electron chi connectivity index (χ4n) is 7.35. The molecule has 0 saturated carbocycles. The average Bonchev–Trinajstić information content (AvgIpc) is 3.88. The van der Waals surface area contributed by atoms with Gasteiger partial charge in [0.1, 0.15) is 36.0 Å². The van der Waals surface area contributed by atoms with E-state index in [4.69, 9.17) is 22.9 Å². The van der Waals surface area contributed by atoms with Crippen LogP contribution in [-0.4, -0.2) is 99.2 Å². The Morgan fingerprint density at radius 2 is 1.05 bits per heavy atom. The van der Waals surface area contributed by atoms with Gasteiger partial charge >= 0.3 is 0 Å². The number of aromatic nitrogens is 2. The highest BCUT2D eigenvalue weighted by molar-refractivity contribution is 5.98. The summed E-state index contributed by atoms with van der Waals surface area (Å²) in [6.07, 6.45) is 3.94. The third-order valence-corrected chi connectivity index (χ3v) is 10.9. The number of hydrogen-bond donors (Lipinski definition) is 12. The summed E-state index contributed by atoms with van der Waals surface area (Å²) < 4.78 is 0. The number of unbranched alkanes of at least 4 members (excludes halogenated alkanes) is 1. The van der Waals surface area contributed by atoms with Gasteiger partial charge in [0.15, 0.2) is 0 Å². The molecule has 0 saturated heterocycles. The summed E-state index contributed by atoms with van der Waals surface area (Å²) in [4.78, 5) is 100. The van der Waals surface area contributed by atoms with Gasteiger partial charge in [-0.3, -0.25) is 33.6 Å². The van der Waals surface area contributed by atoms with Gasteiger partial charge in [0.05, 0.1) is 12.5 Å². The molecule has 0 radical (unpaired) electrons. The number of H-pyrrole nitrogens is 2. The van der Waals surface area contributed by atoms with E-state index < -0.39 is 84.0 Å². The molecule has 16 N–H and O–H groups in total. The third kappa shape index (κ3) is 13.1. The van der Waals surface area contributed by atoms with E-state index in [-0.39, 0.29) is 37.9 Å². The first-order chi connectivity index (χ1) is 30.7. The van der Waals surface area contributed by atoms with Gasteiger partial charge in [-0.1, -0.05) is 55.5 Å². The highest BCUT2D eigenvalue weighted by Crippen LogP contribution is 2.22. The van der Waals surface area contributed by atoms with Crippen molar-refractivity contribution in [3.63, 3.8) is 0 Å². The molecular formula is C45H57N11O8. The second-order valence-corrected chi connectivity index (χ2v) is 15.7. The van der Waals surface area contributed by atoms with Gasteiger partial charge in [0.25, 0.3) is 0 Å². The lowest BCUT2D eigenvalue weighted by molar-refractivity contribution is -0.135. The standard InChI is InChI=1S/C45H57N11O8/c1-2-32(40(49)59)52-43(62)36(19-25-14-16-28(57)17-15-25)55-42(61)35(13-7-8-18-46)53-44(63)38(21-27-24-51-34-12-6-4-10-30(27)34)56-45(64)37(54-41(60)31(47)22-39(48)58)20-26-23-50-33-11-5-3-9-29(26)33/h3-6,9-12,14-17,23-24,31-32,35-38,50-51,57H,2,7-8,13,18-22,46-47H2,1H3,(H2,48,58)(H2,49,59)(H,52,62)(H,53,63)(H,54,60)(H,55,61)(H,56,64)/t31-,32?,35-,36-,37-,38-/m0/s1. The first-order valence-electron chi connectivity index (χ1n) is 21.1. The molecule has 0 spiro atoms. The minimum atomic E-state index is -1.36. The maximum Gasteiger partial charge on any atom is 0.243 e. The van der Waals surface area contributed by atoms with E-state index in [1.807, 2.05) is 48.5 Å². The second kappa shape index (κ2) is 22.7. The molecule has 19 nitrogen and oxygen atoms in total. The van der Waals surface area contributed by atoms with Gasteiger partial charge in [-0.05, 0) is 73.2 Å². The zero-order valence-corrected chi connectivity index (χ0v) is 35.5. The Labute approximate surface area is 369 Å². The van der Waals surface area contributed by atoms with E-state index in [9.17, 15) is 38.7 Å². The molecule has 7 amide bonds. The van der Waals surface area contributed by atoms with Crippen LogP contribution < -0.4 is 49.5 Å². The lowest BCUT2D eigenvalue weighted by Crippen LogP contribution is -2.60. The SMILES string of the molecule is CCC(NC(=O)[C@H](Cc1ccc(O)cc1)NC(=O)[C@H](CCCCN)NC(=O)[C@H](Cc1c[nH]c2ccccc12)NC(=O)[C@H](Cc1c[nH]c2ccccc12)NC(=O)[C@@H](N)CC(N)=O)C(N)=O. The maximum absolute atomic E-state index is 14.6. The zero-order valence-electron chi connectivity index (χ0n) is 35.5. The van der Waals surface area contributed by atoms with Gasteiger partial charge in [-0.15, -0.1) is 0 Å². The molecule has 2 heterocycles. The molecule has 5 rings (SSSR count). The molecule has 2 aromatic heterocycles. The van der Waals surface area contributed by atoms with Crippen LogP contribution in [0.3, 0.4) is 0 Å². The first kappa shape index (κ1) is 47.8. The Kier molecular flexibility index (Phi) is 17.0. The van der Waals surface area contributed by atoms with Gasteiger partial charge in [0.2, 0.25) is 41.4 Å². The van der Waals surface area contributed by atoms with Gasteiger partial charge in [-0.25, -0.2) is 0 Å². The monoisotopic (exact) mass is 879 g/mol. The number of phenolic OH excluding ortho intramolecular Hbond substituents is 1. The average molecular weight is 880 g/mol. The smallest absolute Gasteiger partial charge is 0.243 e.